The van der Waals surface area contributed by atoms with Crippen molar-refractivity contribution in [1.29, 1.82) is 0 Å². The molecule has 4 atom stereocenters. The fourth-order valence-corrected chi connectivity index (χ4v) is 0.840. The third-order valence-corrected chi connectivity index (χ3v) is 1.74. The molecule has 0 saturated carbocycles. The average Bonchev–Trinajstić information content (AvgIpc) is 2.32. The Labute approximate surface area is 87.9 Å². The minimum atomic E-state index is -1.76. The van der Waals surface area contributed by atoms with Crippen LogP contribution >= 0.6 is 0 Å². The van der Waals surface area contributed by atoms with Gasteiger partial charge in [0.05, 0.1) is 6.61 Å². The molecule has 0 unspecified atom stereocenters. The molecular weight excluding hydrogens is 208 g/mol. The molecule has 5 N–H and O–H groups in total. The zero-order chi connectivity index (χ0) is 12.7. The standard InChI is InChI=1S/C8H16O7/c1-4(10)15-3-6(12)8(14)7(13)5(11)2-9/h5-9,11-14H,2-3H2,1H3/t5-,6-,7-,8-/m1/s1/i1D. The van der Waals surface area contributed by atoms with Crippen LogP contribution in [0.5, 0.6) is 0 Å². The Morgan fingerprint density at radius 2 is 1.80 bits per heavy atom. The van der Waals surface area contributed by atoms with Gasteiger partial charge >= 0.3 is 5.97 Å². The van der Waals surface area contributed by atoms with Crippen LogP contribution in [-0.4, -0.2) is 69.1 Å². The van der Waals surface area contributed by atoms with E-state index in [4.69, 9.17) is 11.6 Å². The van der Waals surface area contributed by atoms with Gasteiger partial charge in [-0.25, -0.2) is 0 Å². The molecule has 0 aliphatic heterocycles. The van der Waals surface area contributed by atoms with E-state index in [1.54, 1.807) is 0 Å². The predicted octanol–water partition coefficient (Wildman–Crippen LogP) is -3.01. The van der Waals surface area contributed by atoms with E-state index in [0.29, 0.717) is 0 Å². The highest BCUT2D eigenvalue weighted by molar-refractivity contribution is 5.65. The van der Waals surface area contributed by atoms with Crippen LogP contribution in [0.2, 0.25) is 0 Å². The first-order chi connectivity index (χ1) is 7.43. The Morgan fingerprint density at radius 1 is 1.27 bits per heavy atom. The van der Waals surface area contributed by atoms with Crippen LogP contribution in [-0.2, 0) is 9.53 Å². The lowest BCUT2D eigenvalue weighted by Gasteiger charge is -2.25. The maximum absolute atomic E-state index is 10.5. The van der Waals surface area contributed by atoms with Crippen molar-refractivity contribution in [1.82, 2.24) is 0 Å². The number of carbonyl (C=O) groups is 1. The molecule has 7 nitrogen and oxygen atoms in total. The van der Waals surface area contributed by atoms with Crippen molar-refractivity contribution >= 4 is 5.97 Å². The molecule has 0 aliphatic rings. The monoisotopic (exact) mass is 225 g/mol. The minimum absolute atomic E-state index is 0.603. The molecule has 0 radical (unpaired) electrons. The second kappa shape index (κ2) is 6.70. The van der Waals surface area contributed by atoms with E-state index in [9.17, 15) is 20.1 Å². The third kappa shape index (κ3) is 5.05. The van der Waals surface area contributed by atoms with Crippen LogP contribution in [0.15, 0.2) is 0 Å². The lowest BCUT2D eigenvalue weighted by molar-refractivity contribution is -0.154. The highest BCUT2D eigenvalue weighted by Gasteiger charge is 2.30. The smallest absolute Gasteiger partial charge is 0.302 e. The first-order valence-electron chi connectivity index (χ1n) is 4.92. The molecule has 15 heavy (non-hydrogen) atoms. The molecule has 0 spiro atoms. The van der Waals surface area contributed by atoms with E-state index in [2.05, 4.69) is 4.74 Å². The fourth-order valence-electron chi connectivity index (χ4n) is 0.840. The Morgan fingerprint density at radius 3 is 2.27 bits per heavy atom. The normalized spacial score (nSPS) is 19.9. The van der Waals surface area contributed by atoms with Gasteiger partial charge in [0, 0.05) is 8.27 Å². The third-order valence-electron chi connectivity index (χ3n) is 1.74. The molecule has 0 bridgehead atoms. The lowest BCUT2D eigenvalue weighted by atomic mass is 10.0. The predicted molar refractivity (Wildman–Crippen MR) is 47.7 cm³/mol. The summed E-state index contributed by atoms with van der Waals surface area (Å²) in [7, 11) is 0. The first kappa shape index (κ1) is 12.3. The van der Waals surface area contributed by atoms with Gasteiger partial charge in [0.1, 0.15) is 31.0 Å². The van der Waals surface area contributed by atoms with Gasteiger partial charge in [0.15, 0.2) is 0 Å². The molecule has 0 saturated heterocycles. The number of aliphatic hydroxyl groups is 5. The number of esters is 1. The van der Waals surface area contributed by atoms with Gasteiger partial charge in [-0.1, -0.05) is 0 Å². The molecular formula is C8H16O7. The number of hydrogen-bond donors (Lipinski definition) is 5. The molecule has 0 fully saturated rings. The Kier molecular flexibility index (Phi) is 5.51. The summed E-state index contributed by atoms with van der Waals surface area (Å²) in [5.74, 6) is -0.886. The molecule has 0 amide bonds. The molecule has 0 aromatic heterocycles. The first-order valence-corrected chi connectivity index (χ1v) is 4.22. The van der Waals surface area contributed by atoms with Crippen LogP contribution in [0.3, 0.4) is 0 Å². The SMILES string of the molecule is [2H]CC(=O)OC[C@@H](O)[C@@H](O)[C@H](O)[C@H](O)CO. The van der Waals surface area contributed by atoms with E-state index in [1.165, 1.54) is 0 Å². The maximum atomic E-state index is 10.5. The summed E-state index contributed by atoms with van der Waals surface area (Å²) in [5, 5.41) is 45.1. The second-order valence-corrected chi connectivity index (χ2v) is 2.98. The van der Waals surface area contributed by atoms with Crippen LogP contribution in [0.4, 0.5) is 0 Å². The highest BCUT2D eigenvalue weighted by atomic mass is 16.5. The number of aliphatic hydroxyl groups excluding tert-OH is 5. The van der Waals surface area contributed by atoms with Gasteiger partial charge in [-0.15, -0.1) is 0 Å². The molecule has 7 heteroatoms. The van der Waals surface area contributed by atoms with Gasteiger partial charge < -0.3 is 30.3 Å². The average molecular weight is 225 g/mol. The largest absolute Gasteiger partial charge is 0.463 e. The molecule has 0 rings (SSSR count). The van der Waals surface area contributed by atoms with Gasteiger partial charge in [0.2, 0.25) is 0 Å². The van der Waals surface area contributed by atoms with Crippen molar-refractivity contribution in [3.8, 4) is 0 Å². The maximum Gasteiger partial charge on any atom is 0.302 e. The van der Waals surface area contributed by atoms with Crippen LogP contribution < -0.4 is 0 Å². The topological polar surface area (TPSA) is 127 Å². The van der Waals surface area contributed by atoms with E-state index < -0.39 is 50.5 Å². The molecule has 0 aromatic rings. The second-order valence-electron chi connectivity index (χ2n) is 2.98. The van der Waals surface area contributed by atoms with Crippen molar-refractivity contribution in [2.75, 3.05) is 13.2 Å². The summed E-state index contributed by atoms with van der Waals surface area (Å²) >= 11 is 0. The van der Waals surface area contributed by atoms with Crippen molar-refractivity contribution < 1.29 is 36.4 Å². The Hall–Kier alpha value is -0.730. The Bertz CT molecular complexity index is 213. The van der Waals surface area contributed by atoms with Gasteiger partial charge in [-0.3, -0.25) is 4.79 Å². The van der Waals surface area contributed by atoms with Crippen LogP contribution in [0, 0.1) is 0 Å². The fraction of sp³-hybridized carbons (Fsp3) is 0.875. The van der Waals surface area contributed by atoms with Gasteiger partial charge in [-0.2, -0.15) is 0 Å². The summed E-state index contributed by atoms with van der Waals surface area (Å²) < 4.78 is 10.9. The van der Waals surface area contributed by atoms with Gasteiger partial charge in [-0.05, 0) is 0 Å². The minimum Gasteiger partial charge on any atom is -0.463 e. The molecule has 0 aliphatic carbocycles. The summed E-state index contributed by atoms with van der Waals surface area (Å²) in [6.45, 7) is -2.00. The van der Waals surface area contributed by atoms with E-state index >= 15 is 0 Å². The zero-order valence-corrected chi connectivity index (χ0v) is 7.98. The Balaban J connectivity index is 4.06. The summed E-state index contributed by atoms with van der Waals surface area (Å²) in [5.41, 5.74) is 0. The molecule has 0 heterocycles. The molecule has 90 valence electrons. The van der Waals surface area contributed by atoms with Crippen molar-refractivity contribution in [3.63, 3.8) is 0 Å². The lowest BCUT2D eigenvalue weighted by Crippen LogP contribution is -2.47. The van der Waals surface area contributed by atoms with Gasteiger partial charge in [0.25, 0.3) is 0 Å². The van der Waals surface area contributed by atoms with Crippen molar-refractivity contribution in [2.24, 2.45) is 0 Å². The van der Waals surface area contributed by atoms with E-state index in [-0.39, 0.29) is 0 Å². The zero-order valence-electron chi connectivity index (χ0n) is 8.98. The van der Waals surface area contributed by atoms with Crippen molar-refractivity contribution in [2.45, 2.75) is 31.3 Å². The summed E-state index contributed by atoms with van der Waals surface area (Å²) in [6, 6.07) is 0. The summed E-state index contributed by atoms with van der Waals surface area (Å²) in [6.07, 6.45) is -6.72. The van der Waals surface area contributed by atoms with Crippen LogP contribution in [0.25, 0.3) is 0 Å². The van der Waals surface area contributed by atoms with E-state index in [1.807, 2.05) is 0 Å². The summed E-state index contributed by atoms with van der Waals surface area (Å²) in [4.78, 5) is 10.5. The number of carbonyl (C=O) groups excluding carboxylic acids is 1. The number of rotatable bonds is 6. The number of hydrogen-bond acceptors (Lipinski definition) is 7. The highest BCUT2D eigenvalue weighted by Crippen LogP contribution is 2.05. The number of ether oxygens (including phenoxy) is 1. The van der Waals surface area contributed by atoms with E-state index in [0.717, 1.165) is 0 Å². The van der Waals surface area contributed by atoms with Crippen LogP contribution in [0.1, 0.15) is 8.27 Å². The molecule has 0 aromatic carbocycles. The van der Waals surface area contributed by atoms with Crippen molar-refractivity contribution in [3.05, 3.63) is 0 Å². The quantitative estimate of drug-likeness (QED) is 0.304.